The summed E-state index contributed by atoms with van der Waals surface area (Å²) < 4.78 is 25.4. The highest BCUT2D eigenvalue weighted by atomic mass is 35.5. The molecule has 0 N–H and O–H groups in total. The van der Waals surface area contributed by atoms with Crippen LogP contribution in [0.25, 0.3) is 16.8 Å². The van der Waals surface area contributed by atoms with E-state index in [-0.39, 0.29) is 23.8 Å². The molecule has 48 heavy (non-hydrogen) atoms. The number of carbonyl (C=O) groups excluding carboxylic acids is 1. The normalized spacial score (nSPS) is 14.6. The summed E-state index contributed by atoms with van der Waals surface area (Å²) in [6, 6.07) is 24.0. The molecule has 0 saturated heterocycles. The van der Waals surface area contributed by atoms with Gasteiger partial charge in [-0.3, -0.25) is 9.36 Å². The Balaban J connectivity index is 1.52. The molecule has 0 unspecified atom stereocenters. The van der Waals surface area contributed by atoms with Gasteiger partial charge in [0.25, 0.3) is 5.56 Å². The molecule has 2 heterocycles. The van der Waals surface area contributed by atoms with Crippen molar-refractivity contribution in [3.8, 4) is 17.2 Å². The highest BCUT2D eigenvalue weighted by molar-refractivity contribution is 7.07. The van der Waals surface area contributed by atoms with Gasteiger partial charge < -0.3 is 18.9 Å². The standard InChI is InChI=1S/C38H35ClN2O6S/c1-6-45-37(43)34-23(4)40-38-41(35(34)26-14-18-31(47-22(2)3)32(19-26)44-5)36(42)33(48-38)20-29-28-10-8-7-9-25(28)13-17-30(29)46-21-24-11-15-27(39)16-12-24/h7-20,22,35H,6,21H2,1-5H3/b33-20+/t35-/m1/s1. The maximum Gasteiger partial charge on any atom is 0.338 e. The van der Waals surface area contributed by atoms with Gasteiger partial charge in [-0.15, -0.1) is 0 Å². The maximum atomic E-state index is 14.5. The van der Waals surface area contributed by atoms with Gasteiger partial charge in [0.05, 0.1) is 41.7 Å². The van der Waals surface area contributed by atoms with E-state index in [9.17, 15) is 9.59 Å². The lowest BCUT2D eigenvalue weighted by Crippen LogP contribution is -2.40. The number of hydrogen-bond donors (Lipinski definition) is 0. The minimum atomic E-state index is -0.808. The minimum Gasteiger partial charge on any atom is -0.493 e. The molecule has 246 valence electrons. The van der Waals surface area contributed by atoms with E-state index in [2.05, 4.69) is 0 Å². The van der Waals surface area contributed by atoms with Gasteiger partial charge in [0.2, 0.25) is 0 Å². The predicted molar refractivity (Wildman–Crippen MR) is 189 cm³/mol. The first-order valence-electron chi connectivity index (χ1n) is 15.6. The number of allylic oxidation sites excluding steroid dienone is 1. The SMILES string of the molecule is CCOC(=O)C1=C(C)N=c2s/c(=C/c3c(OCc4ccc(Cl)cc4)ccc4ccccc34)c(=O)n2[C@@H]1c1ccc(OC(C)C)c(OC)c1. The van der Waals surface area contributed by atoms with Gasteiger partial charge in [0.1, 0.15) is 12.4 Å². The molecular formula is C38H35ClN2O6S. The quantitative estimate of drug-likeness (QED) is 0.148. The average molecular weight is 683 g/mol. The number of rotatable bonds is 10. The zero-order chi connectivity index (χ0) is 33.9. The van der Waals surface area contributed by atoms with Gasteiger partial charge in [-0.25, -0.2) is 9.79 Å². The van der Waals surface area contributed by atoms with Crippen LogP contribution in [0.15, 0.2) is 99.9 Å². The Kier molecular flexibility index (Phi) is 9.71. The van der Waals surface area contributed by atoms with E-state index in [1.54, 1.807) is 37.7 Å². The molecule has 8 nitrogen and oxygen atoms in total. The molecule has 4 aromatic carbocycles. The van der Waals surface area contributed by atoms with Crippen LogP contribution in [-0.4, -0.2) is 30.4 Å². The number of fused-ring (bicyclic) bond motifs is 2. The number of esters is 1. The summed E-state index contributed by atoms with van der Waals surface area (Å²) >= 11 is 7.34. The lowest BCUT2D eigenvalue weighted by atomic mass is 9.95. The molecule has 1 aliphatic heterocycles. The van der Waals surface area contributed by atoms with E-state index in [0.717, 1.165) is 21.9 Å². The summed E-state index contributed by atoms with van der Waals surface area (Å²) in [5, 5.41) is 2.59. The highest BCUT2D eigenvalue weighted by Gasteiger charge is 2.34. The van der Waals surface area contributed by atoms with E-state index in [1.165, 1.54) is 11.3 Å². The Morgan fingerprint density at radius 3 is 2.50 bits per heavy atom. The first kappa shape index (κ1) is 33.1. The van der Waals surface area contributed by atoms with Crippen molar-refractivity contribution < 1.29 is 23.7 Å². The first-order valence-corrected chi connectivity index (χ1v) is 16.8. The molecule has 0 fully saturated rings. The monoisotopic (exact) mass is 682 g/mol. The summed E-state index contributed by atoms with van der Waals surface area (Å²) in [5.74, 6) is 1.13. The van der Waals surface area contributed by atoms with Crippen LogP contribution < -0.4 is 29.1 Å². The van der Waals surface area contributed by atoms with Crippen LogP contribution in [-0.2, 0) is 16.1 Å². The van der Waals surface area contributed by atoms with Crippen molar-refractivity contribution in [2.75, 3.05) is 13.7 Å². The molecule has 6 rings (SSSR count). The summed E-state index contributed by atoms with van der Waals surface area (Å²) in [6.07, 6.45) is 1.78. The molecule has 0 spiro atoms. The topological polar surface area (TPSA) is 88.4 Å². The summed E-state index contributed by atoms with van der Waals surface area (Å²) in [5.41, 5.74) is 2.85. The summed E-state index contributed by atoms with van der Waals surface area (Å²) in [4.78, 5) is 33.1. The van der Waals surface area contributed by atoms with Crippen LogP contribution in [0.3, 0.4) is 0 Å². The number of thiazole rings is 1. The Labute approximate surface area is 287 Å². The predicted octanol–water partition coefficient (Wildman–Crippen LogP) is 6.98. The Morgan fingerprint density at radius 1 is 1.02 bits per heavy atom. The second-order valence-corrected chi connectivity index (χ2v) is 12.9. The number of methoxy groups -OCH3 is 1. The number of carbonyl (C=O) groups is 1. The van der Waals surface area contributed by atoms with Crippen LogP contribution in [0.2, 0.25) is 5.02 Å². The van der Waals surface area contributed by atoms with Crippen LogP contribution in [0, 0.1) is 0 Å². The van der Waals surface area contributed by atoms with Gasteiger partial charge in [-0.2, -0.15) is 0 Å². The molecule has 1 aromatic heterocycles. The first-order chi connectivity index (χ1) is 23.2. The van der Waals surface area contributed by atoms with Gasteiger partial charge >= 0.3 is 5.97 Å². The van der Waals surface area contributed by atoms with E-state index >= 15 is 0 Å². The van der Waals surface area contributed by atoms with Crippen molar-refractivity contribution >= 4 is 45.8 Å². The number of hydrogen-bond acceptors (Lipinski definition) is 8. The van der Waals surface area contributed by atoms with Crippen molar-refractivity contribution in [1.82, 2.24) is 4.57 Å². The van der Waals surface area contributed by atoms with Gasteiger partial charge in [0.15, 0.2) is 16.3 Å². The third kappa shape index (κ3) is 6.61. The average Bonchev–Trinajstić information content (AvgIpc) is 3.38. The second kappa shape index (κ2) is 14.1. The van der Waals surface area contributed by atoms with Gasteiger partial charge in [-0.05, 0) is 86.0 Å². The lowest BCUT2D eigenvalue weighted by Gasteiger charge is -2.25. The summed E-state index contributed by atoms with van der Waals surface area (Å²) in [6.45, 7) is 7.86. The minimum absolute atomic E-state index is 0.0752. The second-order valence-electron chi connectivity index (χ2n) is 11.5. The van der Waals surface area contributed by atoms with E-state index in [0.29, 0.717) is 49.5 Å². The molecule has 0 amide bonds. The fourth-order valence-electron chi connectivity index (χ4n) is 5.74. The zero-order valence-electron chi connectivity index (χ0n) is 27.3. The maximum absolute atomic E-state index is 14.5. The Morgan fingerprint density at radius 2 is 1.77 bits per heavy atom. The van der Waals surface area contributed by atoms with E-state index < -0.39 is 12.0 Å². The molecule has 0 bridgehead atoms. The molecule has 5 aromatic rings. The fraction of sp³-hybridized carbons (Fsp3) is 0.237. The fourth-order valence-corrected chi connectivity index (χ4v) is 6.89. The number of ether oxygens (including phenoxy) is 4. The third-order valence-corrected chi connectivity index (χ3v) is 9.13. The molecule has 0 aliphatic carbocycles. The van der Waals surface area contributed by atoms with Crippen molar-refractivity contribution in [3.63, 3.8) is 0 Å². The van der Waals surface area contributed by atoms with E-state index in [4.69, 9.17) is 35.5 Å². The molecule has 0 radical (unpaired) electrons. The van der Waals surface area contributed by atoms with Crippen molar-refractivity contribution in [2.45, 2.75) is 46.4 Å². The molecule has 0 saturated carbocycles. The lowest BCUT2D eigenvalue weighted by molar-refractivity contribution is -0.139. The molecular weight excluding hydrogens is 648 g/mol. The Bertz CT molecular complexity index is 2220. The number of aromatic nitrogens is 1. The van der Waals surface area contributed by atoms with Crippen molar-refractivity contribution in [3.05, 3.63) is 132 Å². The van der Waals surface area contributed by atoms with Crippen LogP contribution in [0.5, 0.6) is 17.2 Å². The molecule has 1 aliphatic rings. The van der Waals surface area contributed by atoms with E-state index in [1.807, 2.05) is 86.7 Å². The van der Waals surface area contributed by atoms with Crippen LogP contribution in [0.1, 0.15) is 50.4 Å². The van der Waals surface area contributed by atoms with Crippen molar-refractivity contribution in [2.24, 2.45) is 4.99 Å². The van der Waals surface area contributed by atoms with Gasteiger partial charge in [-0.1, -0.05) is 71.5 Å². The third-order valence-electron chi connectivity index (χ3n) is 7.90. The smallest absolute Gasteiger partial charge is 0.338 e. The van der Waals surface area contributed by atoms with Crippen LogP contribution in [0.4, 0.5) is 0 Å². The van der Waals surface area contributed by atoms with Crippen molar-refractivity contribution in [1.29, 1.82) is 0 Å². The molecule has 10 heteroatoms. The number of benzene rings is 4. The number of nitrogens with zero attached hydrogens (tertiary/aromatic N) is 2. The molecule has 1 atom stereocenters. The van der Waals surface area contributed by atoms with Gasteiger partial charge in [0, 0.05) is 10.6 Å². The number of halogens is 1. The highest BCUT2D eigenvalue weighted by Crippen LogP contribution is 2.37. The largest absolute Gasteiger partial charge is 0.493 e. The van der Waals surface area contributed by atoms with Crippen LogP contribution >= 0.6 is 22.9 Å². The Hall–Kier alpha value is -4.86. The summed E-state index contributed by atoms with van der Waals surface area (Å²) in [7, 11) is 1.56. The zero-order valence-corrected chi connectivity index (χ0v) is 28.9.